The minimum absolute atomic E-state index is 0.127. The molecule has 0 aliphatic heterocycles. The molecule has 1 aliphatic rings. The molecule has 1 heterocycles. The van der Waals surface area contributed by atoms with Crippen molar-refractivity contribution in [3.63, 3.8) is 0 Å². The van der Waals surface area contributed by atoms with Crippen molar-refractivity contribution in [3.8, 4) is 0 Å². The van der Waals surface area contributed by atoms with Gasteiger partial charge in [-0.2, -0.15) is 0 Å². The van der Waals surface area contributed by atoms with Crippen LogP contribution in [0.4, 0.5) is 0 Å². The number of aliphatic hydroxyl groups excluding tert-OH is 1. The van der Waals surface area contributed by atoms with Crippen LogP contribution in [0.2, 0.25) is 0 Å². The third-order valence-electron chi connectivity index (χ3n) is 3.27. The van der Waals surface area contributed by atoms with Crippen molar-refractivity contribution in [3.05, 3.63) is 36.2 Å². The molecule has 1 saturated carbocycles. The molecule has 1 amide bonds. The van der Waals surface area contributed by atoms with Crippen LogP contribution in [0.3, 0.4) is 0 Å². The molecule has 2 unspecified atom stereocenters. The van der Waals surface area contributed by atoms with Crippen LogP contribution in [0.5, 0.6) is 0 Å². The van der Waals surface area contributed by atoms with E-state index in [1.165, 1.54) is 6.08 Å². The van der Waals surface area contributed by atoms with Gasteiger partial charge in [0.25, 0.3) is 0 Å². The minimum Gasteiger partial charge on any atom is -0.393 e. The molecule has 4 heteroatoms. The highest BCUT2D eigenvalue weighted by Gasteiger charge is 2.24. The number of nitrogens with one attached hydrogen (secondary N) is 1. The van der Waals surface area contributed by atoms with E-state index in [0.717, 1.165) is 24.8 Å². The standard InChI is InChI=1S/C14H18N2O2/c17-13-5-1-4-12(13)10-16-14(18)7-6-11-3-2-8-15-9-11/h2-3,6-9,12-13,17H,1,4-5,10H2,(H,16,18). The smallest absolute Gasteiger partial charge is 0.244 e. The molecule has 0 bridgehead atoms. The Morgan fingerprint density at radius 3 is 3.11 bits per heavy atom. The van der Waals surface area contributed by atoms with E-state index in [1.807, 2.05) is 12.1 Å². The summed E-state index contributed by atoms with van der Waals surface area (Å²) in [6.07, 6.45) is 9.26. The molecule has 0 spiro atoms. The number of carbonyl (C=O) groups is 1. The molecule has 1 fully saturated rings. The largest absolute Gasteiger partial charge is 0.393 e. The molecule has 0 aromatic carbocycles. The van der Waals surface area contributed by atoms with E-state index >= 15 is 0 Å². The number of hydrogen-bond acceptors (Lipinski definition) is 3. The number of carbonyl (C=O) groups excluding carboxylic acids is 1. The van der Waals surface area contributed by atoms with Gasteiger partial charge in [0.1, 0.15) is 0 Å². The fourth-order valence-corrected chi connectivity index (χ4v) is 2.19. The van der Waals surface area contributed by atoms with Crippen LogP contribution in [0.1, 0.15) is 24.8 Å². The summed E-state index contributed by atoms with van der Waals surface area (Å²) in [6.45, 7) is 0.553. The average molecular weight is 246 g/mol. The van der Waals surface area contributed by atoms with Crippen LogP contribution in [0, 0.1) is 5.92 Å². The van der Waals surface area contributed by atoms with Crippen molar-refractivity contribution >= 4 is 12.0 Å². The van der Waals surface area contributed by atoms with Crippen LogP contribution in [-0.4, -0.2) is 28.6 Å². The highest BCUT2D eigenvalue weighted by Crippen LogP contribution is 2.24. The summed E-state index contributed by atoms with van der Waals surface area (Å²) < 4.78 is 0. The fraction of sp³-hybridized carbons (Fsp3) is 0.429. The lowest BCUT2D eigenvalue weighted by Crippen LogP contribution is -2.31. The molecule has 96 valence electrons. The number of aromatic nitrogens is 1. The first kappa shape index (κ1) is 12.8. The van der Waals surface area contributed by atoms with Crippen LogP contribution in [-0.2, 0) is 4.79 Å². The Bertz CT molecular complexity index is 417. The van der Waals surface area contributed by atoms with Gasteiger partial charge in [0.15, 0.2) is 0 Å². The molecule has 4 nitrogen and oxygen atoms in total. The summed E-state index contributed by atoms with van der Waals surface area (Å²) in [5, 5.41) is 12.5. The van der Waals surface area contributed by atoms with E-state index < -0.39 is 0 Å². The Balaban J connectivity index is 1.77. The predicted molar refractivity (Wildman–Crippen MR) is 69.6 cm³/mol. The molecule has 1 aromatic rings. The summed E-state index contributed by atoms with van der Waals surface area (Å²) in [5.41, 5.74) is 0.897. The number of amides is 1. The van der Waals surface area contributed by atoms with Gasteiger partial charge in [0.2, 0.25) is 5.91 Å². The first-order valence-electron chi connectivity index (χ1n) is 6.30. The van der Waals surface area contributed by atoms with Crippen LogP contribution >= 0.6 is 0 Å². The van der Waals surface area contributed by atoms with Crippen molar-refractivity contribution in [2.24, 2.45) is 5.92 Å². The van der Waals surface area contributed by atoms with E-state index in [1.54, 1.807) is 18.5 Å². The molecule has 18 heavy (non-hydrogen) atoms. The van der Waals surface area contributed by atoms with Gasteiger partial charge < -0.3 is 10.4 Å². The lowest BCUT2D eigenvalue weighted by atomic mass is 10.1. The number of aliphatic hydroxyl groups is 1. The van der Waals surface area contributed by atoms with E-state index in [4.69, 9.17) is 0 Å². The number of pyridine rings is 1. The van der Waals surface area contributed by atoms with Crippen molar-refractivity contribution in [2.45, 2.75) is 25.4 Å². The quantitative estimate of drug-likeness (QED) is 0.789. The third kappa shape index (κ3) is 3.67. The molecule has 2 rings (SSSR count). The minimum atomic E-state index is -0.257. The second-order valence-electron chi connectivity index (χ2n) is 4.62. The first-order chi connectivity index (χ1) is 8.75. The molecule has 2 atom stereocenters. The van der Waals surface area contributed by atoms with Crippen molar-refractivity contribution in [1.82, 2.24) is 10.3 Å². The summed E-state index contributed by atoms with van der Waals surface area (Å²) >= 11 is 0. The average Bonchev–Trinajstić information content (AvgIpc) is 2.81. The maximum Gasteiger partial charge on any atom is 0.244 e. The van der Waals surface area contributed by atoms with Gasteiger partial charge in [-0.15, -0.1) is 0 Å². The van der Waals surface area contributed by atoms with Gasteiger partial charge in [0.05, 0.1) is 6.10 Å². The Morgan fingerprint density at radius 2 is 2.44 bits per heavy atom. The maximum absolute atomic E-state index is 11.6. The van der Waals surface area contributed by atoms with E-state index in [0.29, 0.717) is 6.54 Å². The fourth-order valence-electron chi connectivity index (χ4n) is 2.19. The first-order valence-corrected chi connectivity index (χ1v) is 6.30. The summed E-state index contributed by atoms with van der Waals surface area (Å²) in [4.78, 5) is 15.5. The van der Waals surface area contributed by atoms with Crippen LogP contribution < -0.4 is 5.32 Å². The summed E-state index contributed by atoms with van der Waals surface area (Å²) in [7, 11) is 0. The zero-order valence-electron chi connectivity index (χ0n) is 10.2. The Hall–Kier alpha value is -1.68. The second kappa shape index (κ2) is 6.31. The van der Waals surface area contributed by atoms with Gasteiger partial charge in [-0.25, -0.2) is 0 Å². The Labute approximate surface area is 107 Å². The highest BCUT2D eigenvalue weighted by molar-refractivity contribution is 5.91. The molecular formula is C14H18N2O2. The SMILES string of the molecule is O=C(C=Cc1cccnc1)NCC1CCCC1O. The summed E-state index contributed by atoms with van der Waals surface area (Å²) in [5.74, 6) is 0.0821. The van der Waals surface area contributed by atoms with Crippen molar-refractivity contribution in [1.29, 1.82) is 0 Å². The van der Waals surface area contributed by atoms with Gasteiger partial charge in [-0.05, 0) is 30.5 Å². The van der Waals surface area contributed by atoms with Gasteiger partial charge in [-0.3, -0.25) is 9.78 Å². The van der Waals surface area contributed by atoms with Gasteiger partial charge in [0, 0.05) is 30.9 Å². The third-order valence-corrected chi connectivity index (χ3v) is 3.27. The molecule has 2 N–H and O–H groups in total. The van der Waals surface area contributed by atoms with E-state index in [2.05, 4.69) is 10.3 Å². The number of hydrogen-bond donors (Lipinski definition) is 2. The lowest BCUT2D eigenvalue weighted by molar-refractivity contribution is -0.116. The summed E-state index contributed by atoms with van der Waals surface area (Å²) in [6, 6.07) is 3.71. The second-order valence-corrected chi connectivity index (χ2v) is 4.62. The zero-order chi connectivity index (χ0) is 12.8. The Morgan fingerprint density at radius 1 is 1.56 bits per heavy atom. The molecule has 1 aromatic heterocycles. The van der Waals surface area contributed by atoms with Crippen LogP contribution in [0.15, 0.2) is 30.6 Å². The topological polar surface area (TPSA) is 62.2 Å². The highest BCUT2D eigenvalue weighted by atomic mass is 16.3. The van der Waals surface area contributed by atoms with E-state index in [-0.39, 0.29) is 17.9 Å². The van der Waals surface area contributed by atoms with Crippen LogP contribution in [0.25, 0.3) is 6.08 Å². The van der Waals surface area contributed by atoms with Crippen molar-refractivity contribution < 1.29 is 9.90 Å². The normalized spacial score (nSPS) is 23.4. The number of rotatable bonds is 4. The maximum atomic E-state index is 11.6. The molecule has 0 radical (unpaired) electrons. The zero-order valence-corrected chi connectivity index (χ0v) is 10.2. The van der Waals surface area contributed by atoms with Gasteiger partial charge in [-0.1, -0.05) is 12.5 Å². The van der Waals surface area contributed by atoms with Gasteiger partial charge >= 0.3 is 0 Å². The number of nitrogens with zero attached hydrogens (tertiary/aromatic N) is 1. The Kier molecular flexibility index (Phi) is 4.47. The molecular weight excluding hydrogens is 228 g/mol. The van der Waals surface area contributed by atoms with E-state index in [9.17, 15) is 9.90 Å². The molecule has 1 aliphatic carbocycles. The lowest BCUT2D eigenvalue weighted by Gasteiger charge is -2.13. The molecule has 0 saturated heterocycles. The monoisotopic (exact) mass is 246 g/mol. The predicted octanol–water partition coefficient (Wildman–Crippen LogP) is 1.37. The van der Waals surface area contributed by atoms with Crippen molar-refractivity contribution in [2.75, 3.05) is 6.54 Å².